The van der Waals surface area contributed by atoms with E-state index in [1.165, 1.54) is 5.56 Å². The van der Waals surface area contributed by atoms with E-state index < -0.39 is 5.97 Å². The standard InChI is InChI=1S/C7H8.C6H12O.C2H4O2.CH4O/c1-7-5-3-2-4-6-7;1-5(2)4-6(3)7;1-2(3)4;1-2/h2-6H,1H3;5H,4H2,1-3H3;1H3,(H,3,4);2H,1H3. The molecule has 0 spiro atoms. The number of carboxylic acids is 1. The van der Waals surface area contributed by atoms with Crippen molar-refractivity contribution >= 4 is 11.8 Å². The van der Waals surface area contributed by atoms with E-state index in [1.807, 2.05) is 32.0 Å². The van der Waals surface area contributed by atoms with Gasteiger partial charge in [0.15, 0.2) is 0 Å². The summed E-state index contributed by atoms with van der Waals surface area (Å²) in [5.41, 5.74) is 1.32. The minimum Gasteiger partial charge on any atom is -0.481 e. The maximum absolute atomic E-state index is 10.3. The molecular formula is C16H28O4. The minimum atomic E-state index is -0.833. The highest BCUT2D eigenvalue weighted by Gasteiger charge is 1.95. The minimum absolute atomic E-state index is 0.287. The number of hydrogen-bond donors (Lipinski definition) is 2. The van der Waals surface area contributed by atoms with Crippen molar-refractivity contribution in [3.05, 3.63) is 35.9 Å². The highest BCUT2D eigenvalue weighted by atomic mass is 16.4. The van der Waals surface area contributed by atoms with Crippen molar-refractivity contribution in [1.82, 2.24) is 0 Å². The molecule has 20 heavy (non-hydrogen) atoms. The van der Waals surface area contributed by atoms with Crippen LogP contribution in [0.5, 0.6) is 0 Å². The monoisotopic (exact) mass is 284 g/mol. The Hall–Kier alpha value is -1.68. The molecule has 0 aliphatic rings. The molecule has 4 nitrogen and oxygen atoms in total. The van der Waals surface area contributed by atoms with Crippen molar-refractivity contribution < 1.29 is 19.8 Å². The third kappa shape index (κ3) is 36.0. The summed E-state index contributed by atoms with van der Waals surface area (Å²) >= 11 is 0. The molecule has 2 N–H and O–H groups in total. The molecular weight excluding hydrogens is 256 g/mol. The van der Waals surface area contributed by atoms with Gasteiger partial charge in [-0.2, -0.15) is 0 Å². The van der Waals surface area contributed by atoms with Gasteiger partial charge in [-0.15, -0.1) is 0 Å². The number of aliphatic hydroxyl groups is 1. The van der Waals surface area contributed by atoms with Crippen LogP contribution in [0.4, 0.5) is 0 Å². The van der Waals surface area contributed by atoms with Crippen molar-refractivity contribution in [1.29, 1.82) is 0 Å². The second-order valence-corrected chi connectivity index (χ2v) is 4.47. The van der Waals surface area contributed by atoms with Gasteiger partial charge < -0.3 is 15.0 Å². The molecule has 0 heterocycles. The fraction of sp³-hybridized carbons (Fsp3) is 0.500. The maximum Gasteiger partial charge on any atom is 0.300 e. The number of aliphatic carboxylic acids is 1. The summed E-state index contributed by atoms with van der Waals surface area (Å²) in [6.45, 7) is 8.88. The van der Waals surface area contributed by atoms with Crippen LogP contribution in [-0.4, -0.2) is 29.1 Å². The van der Waals surface area contributed by atoms with Crippen LogP contribution in [-0.2, 0) is 9.59 Å². The van der Waals surface area contributed by atoms with Gasteiger partial charge in [0.25, 0.3) is 5.97 Å². The van der Waals surface area contributed by atoms with Gasteiger partial charge in [0.1, 0.15) is 5.78 Å². The Morgan fingerprint density at radius 3 is 1.50 bits per heavy atom. The number of Topliss-reactive ketones (excluding diaryl/α,β-unsaturated/α-hetero) is 1. The molecule has 1 aromatic carbocycles. The van der Waals surface area contributed by atoms with Gasteiger partial charge in [0.2, 0.25) is 0 Å². The second-order valence-electron chi connectivity index (χ2n) is 4.47. The Labute approximate surface area is 122 Å². The lowest BCUT2D eigenvalue weighted by atomic mass is 10.1. The number of rotatable bonds is 2. The number of aryl methyl sites for hydroxylation is 1. The first kappa shape index (κ1) is 23.4. The summed E-state index contributed by atoms with van der Waals surface area (Å²) in [5.74, 6) is -0.0208. The van der Waals surface area contributed by atoms with E-state index in [4.69, 9.17) is 15.0 Å². The van der Waals surface area contributed by atoms with Crippen molar-refractivity contribution in [2.75, 3.05) is 7.11 Å². The topological polar surface area (TPSA) is 74.6 Å². The van der Waals surface area contributed by atoms with E-state index >= 15 is 0 Å². The quantitative estimate of drug-likeness (QED) is 0.873. The lowest BCUT2D eigenvalue weighted by Gasteiger charge is -1.95. The van der Waals surface area contributed by atoms with Gasteiger partial charge in [-0.3, -0.25) is 4.79 Å². The van der Waals surface area contributed by atoms with Gasteiger partial charge in [-0.25, -0.2) is 0 Å². The van der Waals surface area contributed by atoms with Crippen molar-refractivity contribution in [2.24, 2.45) is 5.92 Å². The summed E-state index contributed by atoms with van der Waals surface area (Å²) in [5, 5.41) is 14.4. The molecule has 0 radical (unpaired) electrons. The zero-order valence-electron chi connectivity index (χ0n) is 13.4. The Morgan fingerprint density at radius 1 is 1.05 bits per heavy atom. The molecule has 0 saturated heterocycles. The maximum atomic E-state index is 10.3. The highest BCUT2D eigenvalue weighted by molar-refractivity contribution is 5.75. The predicted molar refractivity (Wildman–Crippen MR) is 82.8 cm³/mol. The van der Waals surface area contributed by atoms with Crippen LogP contribution in [0.15, 0.2) is 30.3 Å². The molecule has 0 aliphatic carbocycles. The number of hydrogen-bond acceptors (Lipinski definition) is 3. The van der Waals surface area contributed by atoms with E-state index in [0.29, 0.717) is 5.92 Å². The van der Waals surface area contributed by atoms with Gasteiger partial charge >= 0.3 is 0 Å². The molecule has 0 saturated carbocycles. The molecule has 0 unspecified atom stereocenters. The zero-order valence-corrected chi connectivity index (χ0v) is 13.4. The van der Waals surface area contributed by atoms with Gasteiger partial charge in [-0.1, -0.05) is 49.7 Å². The van der Waals surface area contributed by atoms with Crippen LogP contribution >= 0.6 is 0 Å². The molecule has 0 amide bonds. The average Bonchev–Trinajstić information content (AvgIpc) is 2.30. The third-order valence-electron chi connectivity index (χ3n) is 1.64. The van der Waals surface area contributed by atoms with Gasteiger partial charge in [0.05, 0.1) is 0 Å². The predicted octanol–water partition coefficient (Wildman–Crippen LogP) is 3.32. The Balaban J connectivity index is -0.000000211. The van der Waals surface area contributed by atoms with E-state index in [1.54, 1.807) is 6.92 Å². The fourth-order valence-corrected chi connectivity index (χ4v) is 1.11. The smallest absolute Gasteiger partial charge is 0.300 e. The normalized spacial score (nSPS) is 8.00. The molecule has 1 aromatic rings. The van der Waals surface area contributed by atoms with Crippen molar-refractivity contribution in [3.63, 3.8) is 0 Å². The van der Waals surface area contributed by atoms with Crippen LogP contribution in [0.25, 0.3) is 0 Å². The molecule has 0 aromatic heterocycles. The van der Waals surface area contributed by atoms with Crippen LogP contribution in [0.3, 0.4) is 0 Å². The zero-order chi connectivity index (χ0) is 16.6. The first-order valence-corrected chi connectivity index (χ1v) is 6.41. The Kier molecular flexibility index (Phi) is 20.3. The van der Waals surface area contributed by atoms with E-state index in [-0.39, 0.29) is 5.78 Å². The van der Waals surface area contributed by atoms with Gasteiger partial charge in [-0.05, 0) is 19.8 Å². The second kappa shape index (κ2) is 17.3. The third-order valence-corrected chi connectivity index (χ3v) is 1.64. The largest absolute Gasteiger partial charge is 0.481 e. The summed E-state index contributed by atoms with van der Waals surface area (Å²) in [7, 11) is 1.00. The van der Waals surface area contributed by atoms with Crippen LogP contribution in [0.2, 0.25) is 0 Å². The average molecular weight is 284 g/mol. The summed E-state index contributed by atoms with van der Waals surface area (Å²) in [4.78, 5) is 19.3. The SMILES string of the molecule is CC(=O)CC(C)C.CC(=O)O.CO.Cc1ccccc1. The molecule has 0 fully saturated rings. The molecule has 0 atom stereocenters. The molecule has 4 heteroatoms. The molecule has 116 valence electrons. The lowest BCUT2D eigenvalue weighted by molar-refractivity contribution is -0.134. The highest BCUT2D eigenvalue weighted by Crippen LogP contribution is 1.97. The summed E-state index contributed by atoms with van der Waals surface area (Å²) in [6.07, 6.45) is 0.722. The van der Waals surface area contributed by atoms with Crippen molar-refractivity contribution in [3.8, 4) is 0 Å². The molecule has 1 rings (SSSR count). The number of benzene rings is 1. The van der Waals surface area contributed by atoms with Crippen LogP contribution < -0.4 is 0 Å². The Morgan fingerprint density at radius 2 is 1.40 bits per heavy atom. The Bertz CT molecular complexity index is 328. The van der Waals surface area contributed by atoms with Crippen LogP contribution in [0.1, 0.15) is 39.7 Å². The van der Waals surface area contributed by atoms with E-state index in [9.17, 15) is 4.79 Å². The van der Waals surface area contributed by atoms with E-state index in [2.05, 4.69) is 19.1 Å². The van der Waals surface area contributed by atoms with E-state index in [0.717, 1.165) is 20.5 Å². The first-order chi connectivity index (χ1) is 9.25. The summed E-state index contributed by atoms with van der Waals surface area (Å²) in [6, 6.07) is 10.3. The number of carbonyl (C=O) groups excluding carboxylic acids is 1. The number of carboxylic acid groups (broad SMARTS) is 1. The fourth-order valence-electron chi connectivity index (χ4n) is 1.11. The van der Waals surface area contributed by atoms with Crippen LogP contribution in [0, 0.1) is 12.8 Å². The molecule has 0 aliphatic heterocycles. The molecule has 0 bridgehead atoms. The number of ketones is 1. The first-order valence-electron chi connectivity index (χ1n) is 6.41. The number of carbonyl (C=O) groups is 2. The van der Waals surface area contributed by atoms with Crippen molar-refractivity contribution in [2.45, 2.75) is 41.0 Å². The lowest BCUT2D eigenvalue weighted by Crippen LogP contribution is -1.95. The van der Waals surface area contributed by atoms with Gasteiger partial charge in [0, 0.05) is 20.5 Å². The number of aliphatic hydroxyl groups excluding tert-OH is 1. The summed E-state index contributed by atoms with van der Waals surface area (Å²) < 4.78 is 0.